The summed E-state index contributed by atoms with van der Waals surface area (Å²) in [6.07, 6.45) is 2.40. The summed E-state index contributed by atoms with van der Waals surface area (Å²) in [6.45, 7) is 6.19. The Kier molecular flexibility index (Phi) is 9.72. The molecule has 0 saturated heterocycles. The molecular formula is C28H35N5O5. The van der Waals surface area contributed by atoms with E-state index in [-0.39, 0.29) is 31.6 Å². The Morgan fingerprint density at radius 3 is 1.87 bits per heavy atom. The average Bonchev–Trinajstić information content (AvgIpc) is 3.42. The summed E-state index contributed by atoms with van der Waals surface area (Å²) in [5, 5.41) is 10.7. The fourth-order valence-electron chi connectivity index (χ4n) is 3.50. The van der Waals surface area contributed by atoms with Gasteiger partial charge in [-0.05, 0) is 30.4 Å². The summed E-state index contributed by atoms with van der Waals surface area (Å²) in [5.41, 5.74) is 6.35. The van der Waals surface area contributed by atoms with Crippen molar-refractivity contribution >= 4 is 18.0 Å². The molecule has 0 fully saturated rings. The van der Waals surface area contributed by atoms with Gasteiger partial charge in [0.25, 0.3) is 0 Å². The van der Waals surface area contributed by atoms with Crippen molar-refractivity contribution in [2.45, 2.75) is 64.2 Å². The van der Waals surface area contributed by atoms with Gasteiger partial charge in [0.2, 0.25) is 5.54 Å². The number of carbonyl (C=O) groups excluding carboxylic acids is 3. The highest BCUT2D eigenvalue weighted by atomic mass is 16.6. The Morgan fingerprint density at radius 1 is 0.868 bits per heavy atom. The minimum Gasteiger partial charge on any atom is -0.459 e. The average molecular weight is 522 g/mol. The van der Waals surface area contributed by atoms with Gasteiger partial charge in [-0.15, -0.1) is 5.10 Å². The first kappa shape index (κ1) is 28.5. The van der Waals surface area contributed by atoms with Crippen LogP contribution in [0.1, 0.15) is 56.9 Å². The van der Waals surface area contributed by atoms with E-state index in [0.29, 0.717) is 18.5 Å². The zero-order valence-corrected chi connectivity index (χ0v) is 22.1. The van der Waals surface area contributed by atoms with Crippen molar-refractivity contribution in [1.82, 2.24) is 20.3 Å². The van der Waals surface area contributed by atoms with E-state index in [1.54, 1.807) is 30.5 Å². The van der Waals surface area contributed by atoms with Crippen molar-refractivity contribution in [3.05, 3.63) is 83.7 Å². The highest BCUT2D eigenvalue weighted by molar-refractivity contribution is 6.04. The summed E-state index contributed by atoms with van der Waals surface area (Å²) in [5.74, 6) is -1.72. The molecule has 1 aromatic heterocycles. The monoisotopic (exact) mass is 521 g/mol. The Balaban J connectivity index is 1.56. The van der Waals surface area contributed by atoms with Crippen molar-refractivity contribution in [3.63, 3.8) is 0 Å². The first-order valence-corrected chi connectivity index (χ1v) is 12.5. The van der Waals surface area contributed by atoms with Gasteiger partial charge in [-0.2, -0.15) is 4.68 Å². The van der Waals surface area contributed by atoms with E-state index in [4.69, 9.17) is 15.2 Å². The normalized spacial score (nSPS) is 11.6. The fraction of sp³-hybridized carbons (Fsp3) is 0.393. The number of amides is 1. The molecule has 2 aromatic carbocycles. The molecule has 3 N–H and O–H groups in total. The molecule has 202 valence electrons. The summed E-state index contributed by atoms with van der Waals surface area (Å²) in [6, 6.07) is 17.8. The van der Waals surface area contributed by atoms with Gasteiger partial charge in [-0.25, -0.2) is 14.4 Å². The van der Waals surface area contributed by atoms with Crippen LogP contribution in [0.25, 0.3) is 0 Å². The number of nitrogens with two attached hydrogens (primary N) is 1. The van der Waals surface area contributed by atoms with Crippen LogP contribution in [0.5, 0.6) is 0 Å². The van der Waals surface area contributed by atoms with E-state index in [1.807, 2.05) is 57.2 Å². The number of hydrogen-bond acceptors (Lipinski definition) is 8. The molecule has 0 radical (unpaired) electrons. The Bertz CT molecular complexity index is 1150. The van der Waals surface area contributed by atoms with Crippen molar-refractivity contribution in [3.8, 4) is 0 Å². The first-order chi connectivity index (χ1) is 18.1. The number of ether oxygens (including phenoxy) is 2. The standard InChI is InChI=1S/C28H35N5O5/c1-27(2,3)23-18-33(32-31-23)26(36)30-17-11-10-16-28(29,24(34)37-19-21-12-6-4-7-13-21)25(35)38-20-22-14-8-5-9-15-22/h4-9,12-15,18H,10-11,16-17,19-20,29H2,1-3H3,(H,30,36). The van der Waals surface area contributed by atoms with Gasteiger partial charge in [0.1, 0.15) is 13.2 Å². The number of carbonyl (C=O) groups is 3. The van der Waals surface area contributed by atoms with Crippen LogP contribution in [0.3, 0.4) is 0 Å². The zero-order chi connectivity index (χ0) is 27.6. The molecule has 1 amide bonds. The largest absolute Gasteiger partial charge is 0.459 e. The van der Waals surface area contributed by atoms with Gasteiger partial charge in [0.05, 0.1) is 11.9 Å². The number of benzene rings is 2. The van der Waals surface area contributed by atoms with Crippen molar-refractivity contribution in [1.29, 1.82) is 0 Å². The Labute approximate surface area is 222 Å². The lowest BCUT2D eigenvalue weighted by Crippen LogP contribution is -2.56. The van der Waals surface area contributed by atoms with E-state index in [9.17, 15) is 14.4 Å². The molecular weight excluding hydrogens is 486 g/mol. The smallest absolute Gasteiger partial charge is 0.343 e. The predicted octanol–water partition coefficient (Wildman–Crippen LogP) is 3.49. The maximum atomic E-state index is 13.0. The third kappa shape index (κ3) is 7.97. The van der Waals surface area contributed by atoms with E-state index < -0.39 is 23.5 Å². The van der Waals surface area contributed by atoms with Gasteiger partial charge >= 0.3 is 18.0 Å². The zero-order valence-electron chi connectivity index (χ0n) is 22.1. The van der Waals surface area contributed by atoms with Gasteiger partial charge < -0.3 is 20.5 Å². The van der Waals surface area contributed by atoms with Crippen LogP contribution in [0.15, 0.2) is 66.9 Å². The summed E-state index contributed by atoms with van der Waals surface area (Å²) < 4.78 is 11.9. The predicted molar refractivity (Wildman–Crippen MR) is 141 cm³/mol. The molecule has 0 bridgehead atoms. The number of nitrogens with one attached hydrogen (secondary N) is 1. The Morgan fingerprint density at radius 2 is 1.39 bits per heavy atom. The maximum absolute atomic E-state index is 13.0. The molecule has 0 spiro atoms. The summed E-state index contributed by atoms with van der Waals surface area (Å²) in [7, 11) is 0. The summed E-state index contributed by atoms with van der Waals surface area (Å²) >= 11 is 0. The third-order valence-corrected chi connectivity index (χ3v) is 5.90. The molecule has 38 heavy (non-hydrogen) atoms. The molecule has 3 aromatic rings. The Hall–Kier alpha value is -4.05. The SMILES string of the molecule is CC(C)(C)c1cn(C(=O)NCCCCC(N)(C(=O)OCc2ccccc2)C(=O)OCc2ccccc2)nn1. The minimum absolute atomic E-state index is 0.0123. The number of rotatable bonds is 11. The van der Waals surface area contributed by atoms with Crippen LogP contribution in [0, 0.1) is 0 Å². The van der Waals surface area contributed by atoms with Crippen LogP contribution >= 0.6 is 0 Å². The number of unbranched alkanes of at least 4 members (excludes halogenated alkanes) is 1. The van der Waals surface area contributed by atoms with Gasteiger partial charge in [0.15, 0.2) is 0 Å². The number of esters is 2. The van der Waals surface area contributed by atoms with Crippen LogP contribution in [0.2, 0.25) is 0 Å². The minimum atomic E-state index is -1.99. The number of aromatic nitrogens is 3. The van der Waals surface area contributed by atoms with Crippen molar-refractivity contribution < 1.29 is 23.9 Å². The molecule has 0 aliphatic heterocycles. The second-order valence-corrected chi connectivity index (χ2v) is 10.1. The van der Waals surface area contributed by atoms with Crippen LogP contribution in [-0.4, -0.2) is 45.0 Å². The number of hydrogen-bond donors (Lipinski definition) is 2. The first-order valence-electron chi connectivity index (χ1n) is 12.5. The van der Waals surface area contributed by atoms with Crippen LogP contribution in [-0.2, 0) is 37.7 Å². The molecule has 0 unspecified atom stereocenters. The van der Waals surface area contributed by atoms with E-state index >= 15 is 0 Å². The molecule has 0 aliphatic carbocycles. The lowest BCUT2D eigenvalue weighted by Gasteiger charge is -2.25. The van der Waals surface area contributed by atoms with Crippen molar-refractivity contribution in [2.75, 3.05) is 6.54 Å². The molecule has 1 heterocycles. The summed E-state index contributed by atoms with van der Waals surface area (Å²) in [4.78, 5) is 38.4. The van der Waals surface area contributed by atoms with Gasteiger partial charge in [-0.1, -0.05) is 86.6 Å². The molecule has 0 atom stereocenters. The highest BCUT2D eigenvalue weighted by Crippen LogP contribution is 2.19. The molecule has 3 rings (SSSR count). The molecule has 0 aliphatic rings. The molecule has 0 saturated carbocycles. The maximum Gasteiger partial charge on any atom is 0.343 e. The second-order valence-electron chi connectivity index (χ2n) is 10.1. The third-order valence-electron chi connectivity index (χ3n) is 5.90. The van der Waals surface area contributed by atoms with Crippen molar-refractivity contribution in [2.24, 2.45) is 5.73 Å². The second kappa shape index (κ2) is 13.0. The van der Waals surface area contributed by atoms with Crippen LogP contribution in [0.4, 0.5) is 4.79 Å². The van der Waals surface area contributed by atoms with E-state index in [1.165, 1.54) is 0 Å². The lowest BCUT2D eigenvalue weighted by molar-refractivity contribution is -0.166. The van der Waals surface area contributed by atoms with E-state index in [2.05, 4.69) is 15.6 Å². The van der Waals surface area contributed by atoms with E-state index in [0.717, 1.165) is 15.8 Å². The number of nitrogens with zero attached hydrogens (tertiary/aromatic N) is 3. The fourth-order valence-corrected chi connectivity index (χ4v) is 3.50. The van der Waals surface area contributed by atoms with Gasteiger partial charge in [0, 0.05) is 12.0 Å². The van der Waals surface area contributed by atoms with Crippen LogP contribution < -0.4 is 11.1 Å². The topological polar surface area (TPSA) is 138 Å². The molecule has 10 nitrogen and oxygen atoms in total. The quantitative estimate of drug-likeness (QED) is 0.222. The lowest BCUT2D eigenvalue weighted by atomic mass is 9.93. The highest BCUT2D eigenvalue weighted by Gasteiger charge is 2.45. The van der Waals surface area contributed by atoms with Gasteiger partial charge in [-0.3, -0.25) is 0 Å². The molecule has 10 heteroatoms.